The second kappa shape index (κ2) is 13.3. The van der Waals surface area contributed by atoms with Gasteiger partial charge in [0.1, 0.15) is 11.2 Å². The Bertz CT molecular complexity index is 2230. The van der Waals surface area contributed by atoms with Crippen molar-refractivity contribution in [1.29, 1.82) is 0 Å². The van der Waals surface area contributed by atoms with E-state index in [0.717, 1.165) is 65.9 Å². The summed E-state index contributed by atoms with van der Waals surface area (Å²) in [6, 6.07) is 11.3. The number of methoxy groups -OCH3 is 3. The molecule has 6 aliphatic rings. The molecule has 5 aliphatic heterocycles. The molecule has 2 saturated heterocycles. The first-order valence-electron chi connectivity index (χ1n) is 20.9. The minimum atomic E-state index is -2.27. The lowest BCUT2D eigenvalue weighted by Gasteiger charge is -2.63. The summed E-state index contributed by atoms with van der Waals surface area (Å²) in [4.78, 5) is 53.5. The van der Waals surface area contributed by atoms with E-state index >= 15 is 4.79 Å². The number of carbonyl (C=O) groups is 3. The Hall–Kier alpha value is -4.39. The number of aromatic nitrogens is 1. The topological polar surface area (TPSA) is 134 Å². The number of hydrogen-bond donors (Lipinski definition) is 2. The number of H-pyrrole nitrogens is 1. The molecule has 1 aromatic heterocycles. The highest BCUT2D eigenvalue weighted by Gasteiger charge is 2.80. The van der Waals surface area contributed by atoms with E-state index in [2.05, 4.69) is 65.0 Å². The molecule has 6 heterocycles. The Morgan fingerprint density at radius 2 is 1.74 bits per heavy atom. The number of fused-ring (bicyclic) bond motifs is 6. The number of anilines is 1. The Morgan fingerprint density at radius 3 is 2.45 bits per heavy atom. The highest BCUT2D eigenvalue weighted by Crippen LogP contribution is 2.68. The van der Waals surface area contributed by atoms with Crippen molar-refractivity contribution in [2.75, 3.05) is 66.0 Å². The Balaban J connectivity index is 1.37. The van der Waals surface area contributed by atoms with Crippen LogP contribution in [0.1, 0.15) is 75.8 Å². The van der Waals surface area contributed by atoms with Crippen LogP contribution in [0.25, 0.3) is 10.9 Å². The molecule has 1 spiro atoms. The summed E-state index contributed by atoms with van der Waals surface area (Å²) in [5.74, 6) is -1.14. The lowest BCUT2D eigenvalue weighted by molar-refractivity contribution is -0.228. The van der Waals surface area contributed by atoms with Gasteiger partial charge in [-0.1, -0.05) is 51.1 Å². The number of nitrogens with one attached hydrogen (secondary N) is 1. The average molecular weight is 795 g/mol. The van der Waals surface area contributed by atoms with Crippen LogP contribution in [0.3, 0.4) is 0 Å². The summed E-state index contributed by atoms with van der Waals surface area (Å²) >= 11 is 0. The van der Waals surface area contributed by atoms with E-state index in [4.69, 9.17) is 18.9 Å². The molecule has 1 saturated carbocycles. The highest BCUT2D eigenvalue weighted by molar-refractivity contribution is 5.95. The van der Waals surface area contributed by atoms with Gasteiger partial charge in [-0.25, -0.2) is 4.79 Å². The third kappa shape index (κ3) is 5.00. The lowest BCUT2D eigenvalue weighted by Crippen LogP contribution is -2.81. The van der Waals surface area contributed by atoms with Crippen molar-refractivity contribution < 1.29 is 38.4 Å². The summed E-state index contributed by atoms with van der Waals surface area (Å²) in [6.07, 6.45) is 6.16. The monoisotopic (exact) mass is 794 g/mol. The van der Waals surface area contributed by atoms with Crippen LogP contribution in [0.4, 0.5) is 5.69 Å². The predicted octanol–water partition coefficient (Wildman–Crippen LogP) is 4.88. The number of likely N-dealkylation sites (N-methyl/N-ethyl adjacent to an activating group) is 1. The van der Waals surface area contributed by atoms with Crippen LogP contribution in [0, 0.1) is 16.7 Å². The van der Waals surface area contributed by atoms with Crippen LogP contribution in [0.15, 0.2) is 48.6 Å². The predicted molar refractivity (Wildman–Crippen MR) is 219 cm³/mol. The quantitative estimate of drug-likeness (QED) is 0.201. The average Bonchev–Trinajstić information content (AvgIpc) is 3.86. The zero-order valence-electron chi connectivity index (χ0n) is 35.1. The maximum absolute atomic E-state index is 15.3. The fraction of sp³-hybridized carbons (Fsp3) is 0.587. The molecule has 3 aromatic rings. The first kappa shape index (κ1) is 39.1. The van der Waals surface area contributed by atoms with E-state index < -0.39 is 45.9 Å². The molecule has 1 unspecified atom stereocenters. The summed E-state index contributed by atoms with van der Waals surface area (Å²) in [5, 5.41) is 14.4. The van der Waals surface area contributed by atoms with Gasteiger partial charge in [-0.15, -0.1) is 0 Å². The van der Waals surface area contributed by atoms with Gasteiger partial charge in [0.15, 0.2) is 6.10 Å². The van der Waals surface area contributed by atoms with Crippen molar-refractivity contribution in [3.63, 3.8) is 0 Å². The van der Waals surface area contributed by atoms with Crippen LogP contribution in [-0.4, -0.2) is 123 Å². The number of ether oxygens (including phenoxy) is 4. The van der Waals surface area contributed by atoms with E-state index in [1.165, 1.54) is 21.1 Å². The number of aliphatic hydroxyl groups is 1. The second-order valence-electron chi connectivity index (χ2n) is 18.8. The molecular formula is C46H58N4O8. The van der Waals surface area contributed by atoms with Crippen molar-refractivity contribution in [2.24, 2.45) is 16.7 Å². The summed E-state index contributed by atoms with van der Waals surface area (Å²) in [6.45, 7) is 12.1. The number of hydrogen-bond acceptors (Lipinski definition) is 11. The van der Waals surface area contributed by atoms with Gasteiger partial charge >= 0.3 is 17.9 Å². The first-order chi connectivity index (χ1) is 27.7. The molecule has 2 N–H and O–H groups in total. The number of benzene rings is 2. The molecule has 0 amide bonds. The standard InChI is InChI=1S/C46H58N4O8/c1-9-43-16-12-18-50-20-17-44(37(43)50)31-21-32(35(55-6)22-34(31)48(5)38(44)46(54,41(53)57-8)39(43)58-27(2)51)45(40(52)56-7)24-28-23-42(3,4)26-49(25-28)19-15-30-29-13-10-11-14-33(29)47-36(30)45/h10-14,16,21-22,28,37-39,47,54H,9,15,17-20,23-26H2,1-8H3/t28-,37+,38-,39-,43-,44-,45+,46+/m1/s1. The van der Waals surface area contributed by atoms with Gasteiger partial charge < -0.3 is 38.8 Å². The molecule has 12 heteroatoms. The molecule has 58 heavy (non-hydrogen) atoms. The number of esters is 3. The molecular weight excluding hydrogens is 737 g/mol. The molecule has 2 bridgehead atoms. The van der Waals surface area contributed by atoms with E-state index in [1.807, 2.05) is 31.0 Å². The summed E-state index contributed by atoms with van der Waals surface area (Å²) in [5.41, 5.74) is -0.0944. The molecule has 12 nitrogen and oxygen atoms in total. The number of rotatable bonds is 6. The smallest absolute Gasteiger partial charge is 0.344 e. The van der Waals surface area contributed by atoms with Crippen LogP contribution in [-0.2, 0) is 45.8 Å². The van der Waals surface area contributed by atoms with E-state index in [9.17, 15) is 14.7 Å². The zero-order valence-corrected chi connectivity index (χ0v) is 35.1. The van der Waals surface area contributed by atoms with Gasteiger partial charge in [0.25, 0.3) is 0 Å². The minimum absolute atomic E-state index is 0.0338. The summed E-state index contributed by atoms with van der Waals surface area (Å²) in [7, 11) is 6.27. The number of carbonyl (C=O) groups excluding carboxylic acids is 3. The molecule has 1 aliphatic carbocycles. The molecule has 3 fully saturated rings. The highest BCUT2D eigenvalue weighted by atomic mass is 16.6. The number of nitrogens with zero attached hydrogens (tertiary/aromatic N) is 3. The lowest BCUT2D eigenvalue weighted by atomic mass is 9.47. The second-order valence-corrected chi connectivity index (χ2v) is 18.8. The van der Waals surface area contributed by atoms with Crippen molar-refractivity contribution in [1.82, 2.24) is 14.8 Å². The minimum Gasteiger partial charge on any atom is -0.496 e. The van der Waals surface area contributed by atoms with Gasteiger partial charge in [-0.05, 0) is 73.2 Å². The fourth-order valence-electron chi connectivity index (χ4n) is 13.7. The van der Waals surface area contributed by atoms with Gasteiger partial charge in [0, 0.05) is 90.9 Å². The number of para-hydroxylation sites is 1. The largest absolute Gasteiger partial charge is 0.496 e. The number of piperidine rings is 1. The third-order valence-electron chi connectivity index (χ3n) is 15.2. The van der Waals surface area contributed by atoms with E-state index in [0.29, 0.717) is 43.7 Å². The van der Waals surface area contributed by atoms with Crippen molar-refractivity contribution in [3.8, 4) is 5.75 Å². The van der Waals surface area contributed by atoms with Crippen LogP contribution < -0.4 is 9.64 Å². The van der Waals surface area contributed by atoms with Gasteiger partial charge in [-0.2, -0.15) is 0 Å². The van der Waals surface area contributed by atoms with Crippen LogP contribution >= 0.6 is 0 Å². The van der Waals surface area contributed by atoms with Gasteiger partial charge in [-0.3, -0.25) is 14.5 Å². The Kier molecular flexibility index (Phi) is 8.97. The summed E-state index contributed by atoms with van der Waals surface area (Å²) < 4.78 is 24.0. The molecule has 9 atom stereocenters. The molecule has 9 rings (SSSR count). The Labute approximate surface area is 340 Å². The molecule has 310 valence electrons. The van der Waals surface area contributed by atoms with Gasteiger partial charge in [0.2, 0.25) is 5.60 Å². The van der Waals surface area contributed by atoms with E-state index in [-0.39, 0.29) is 23.3 Å². The van der Waals surface area contributed by atoms with Crippen molar-refractivity contribution in [3.05, 3.63) is 70.9 Å². The normalized spacial score (nSPS) is 35.7. The molecule has 2 aromatic carbocycles. The number of aromatic amines is 1. The van der Waals surface area contributed by atoms with E-state index in [1.54, 1.807) is 7.11 Å². The van der Waals surface area contributed by atoms with Crippen molar-refractivity contribution >= 4 is 34.5 Å². The zero-order chi connectivity index (χ0) is 41.2. The van der Waals surface area contributed by atoms with Crippen LogP contribution in [0.5, 0.6) is 5.75 Å². The maximum Gasteiger partial charge on any atom is 0.344 e. The van der Waals surface area contributed by atoms with Crippen LogP contribution in [0.2, 0.25) is 0 Å². The van der Waals surface area contributed by atoms with Crippen molar-refractivity contribution in [2.45, 2.75) is 94.4 Å². The Morgan fingerprint density at radius 1 is 0.983 bits per heavy atom. The maximum atomic E-state index is 15.3. The molecule has 0 radical (unpaired) electrons. The SMILES string of the molecule is CC[C@]12C=CCN3CC[C@@]4(c5cc([C@@]6(C(=O)OC)C[C@@H]7CN(CCc8c6[nH]c6ccccc86)CC(C)(C)C7)c(OC)cc5N(C)[C@H]4[C@@](O)(C(=O)OC)[C@@H]1OC(C)=O)[C@@H]32. The fourth-order valence-corrected chi connectivity index (χ4v) is 13.7. The first-order valence-corrected chi connectivity index (χ1v) is 20.9. The third-order valence-corrected chi connectivity index (χ3v) is 15.2. The van der Waals surface area contributed by atoms with Gasteiger partial charge in [0.05, 0.1) is 27.4 Å².